The van der Waals surface area contributed by atoms with Gasteiger partial charge >= 0.3 is 6.18 Å². The lowest BCUT2D eigenvalue weighted by Gasteiger charge is -2.40. The van der Waals surface area contributed by atoms with E-state index in [2.05, 4.69) is 52.0 Å². The van der Waals surface area contributed by atoms with Crippen molar-refractivity contribution in [2.45, 2.75) is 62.4 Å². The van der Waals surface area contributed by atoms with Crippen LogP contribution in [0.3, 0.4) is 0 Å². The normalized spacial score (nSPS) is 26.5. The van der Waals surface area contributed by atoms with Crippen LogP contribution < -0.4 is 10.6 Å². The number of hydrogen-bond donors (Lipinski definition) is 2. The standard InChI is InChI=1S/C30H34F3N3O3/c1-2-39-26-19-36(23-11-14-29(15-12-23)13-10-20-6-3-4-9-24(20)29)18-25(26)35-27(37)17-34-28(38)21-7-5-8-22(16-21)30(31,32)33/h3-10,13,16,23,25-26H,2,11-12,14-15,17-19H2,1H3,(H,34,38)(H,35,37)/t23?,25-,26-,29?/m0/s1. The Bertz CT molecular complexity index is 1240. The number of nitrogens with zero attached hydrogens (tertiary/aromatic N) is 1. The second-order valence-electron chi connectivity index (χ2n) is 10.7. The molecule has 2 aromatic carbocycles. The molecule has 2 aromatic rings. The Kier molecular flexibility index (Phi) is 7.82. The minimum atomic E-state index is -4.55. The fourth-order valence-electron chi connectivity index (χ4n) is 6.33. The summed E-state index contributed by atoms with van der Waals surface area (Å²) in [4.78, 5) is 27.5. The molecule has 1 heterocycles. The van der Waals surface area contributed by atoms with Crippen LogP contribution in [0, 0.1) is 0 Å². The predicted octanol–water partition coefficient (Wildman–Crippen LogP) is 4.55. The van der Waals surface area contributed by atoms with Gasteiger partial charge in [0.15, 0.2) is 0 Å². The van der Waals surface area contributed by atoms with Crippen LogP contribution in [0.1, 0.15) is 59.7 Å². The van der Waals surface area contributed by atoms with Gasteiger partial charge < -0.3 is 15.4 Å². The predicted molar refractivity (Wildman–Crippen MR) is 142 cm³/mol. The van der Waals surface area contributed by atoms with Crippen molar-refractivity contribution in [3.63, 3.8) is 0 Å². The number of ether oxygens (including phenoxy) is 1. The van der Waals surface area contributed by atoms with E-state index in [1.165, 1.54) is 23.3 Å². The van der Waals surface area contributed by atoms with Gasteiger partial charge in [-0.1, -0.05) is 42.5 Å². The molecule has 2 fully saturated rings. The smallest absolute Gasteiger partial charge is 0.375 e. The van der Waals surface area contributed by atoms with Crippen molar-refractivity contribution in [2.75, 3.05) is 26.2 Å². The van der Waals surface area contributed by atoms with E-state index in [0.717, 1.165) is 44.4 Å². The molecule has 1 saturated carbocycles. The number of alkyl halides is 3. The average Bonchev–Trinajstić information content (AvgIpc) is 3.49. The number of benzene rings is 2. The van der Waals surface area contributed by atoms with Gasteiger partial charge in [-0.2, -0.15) is 13.2 Å². The number of carbonyl (C=O) groups is 2. The van der Waals surface area contributed by atoms with Crippen molar-refractivity contribution in [2.24, 2.45) is 0 Å². The van der Waals surface area contributed by atoms with Crippen molar-refractivity contribution < 1.29 is 27.5 Å². The molecule has 2 atom stereocenters. The third kappa shape index (κ3) is 5.89. The summed E-state index contributed by atoms with van der Waals surface area (Å²) in [6.45, 7) is 3.49. The number of carbonyl (C=O) groups excluding carboxylic acids is 2. The summed E-state index contributed by atoms with van der Waals surface area (Å²) in [6, 6.07) is 12.9. The van der Waals surface area contributed by atoms with Crippen molar-refractivity contribution in [1.29, 1.82) is 0 Å². The highest BCUT2D eigenvalue weighted by Gasteiger charge is 2.43. The minimum absolute atomic E-state index is 0.123. The highest BCUT2D eigenvalue weighted by atomic mass is 19.4. The number of fused-ring (bicyclic) bond motifs is 2. The van der Waals surface area contributed by atoms with Gasteiger partial charge in [-0.25, -0.2) is 0 Å². The Morgan fingerprint density at radius 3 is 2.59 bits per heavy atom. The number of amides is 2. The van der Waals surface area contributed by atoms with Gasteiger partial charge in [-0.15, -0.1) is 0 Å². The second-order valence-corrected chi connectivity index (χ2v) is 10.7. The Labute approximate surface area is 226 Å². The first kappa shape index (κ1) is 27.4. The van der Waals surface area contributed by atoms with Gasteiger partial charge in [0.2, 0.25) is 5.91 Å². The monoisotopic (exact) mass is 541 g/mol. The molecule has 39 heavy (non-hydrogen) atoms. The molecule has 0 aromatic heterocycles. The van der Waals surface area contributed by atoms with E-state index < -0.39 is 23.6 Å². The lowest BCUT2D eigenvalue weighted by atomic mass is 9.69. The van der Waals surface area contributed by atoms with Crippen molar-refractivity contribution in [1.82, 2.24) is 15.5 Å². The molecule has 208 valence electrons. The Morgan fingerprint density at radius 1 is 1.08 bits per heavy atom. The molecule has 0 unspecified atom stereocenters. The topological polar surface area (TPSA) is 70.7 Å². The Morgan fingerprint density at radius 2 is 1.85 bits per heavy atom. The number of halogens is 3. The number of allylic oxidation sites excluding steroid dienone is 1. The van der Waals surface area contributed by atoms with Gasteiger partial charge in [0.05, 0.1) is 24.3 Å². The molecule has 6 nitrogen and oxygen atoms in total. The fourth-order valence-corrected chi connectivity index (χ4v) is 6.33. The summed E-state index contributed by atoms with van der Waals surface area (Å²) >= 11 is 0. The van der Waals surface area contributed by atoms with Crippen LogP contribution in [0.15, 0.2) is 54.6 Å². The molecule has 0 bridgehead atoms. The molecule has 9 heteroatoms. The third-order valence-electron chi connectivity index (χ3n) is 8.33. The van der Waals surface area contributed by atoms with Crippen LogP contribution in [0.25, 0.3) is 6.08 Å². The quantitative estimate of drug-likeness (QED) is 0.540. The number of rotatable bonds is 7. The Balaban J connectivity index is 1.14. The van der Waals surface area contributed by atoms with E-state index in [9.17, 15) is 22.8 Å². The molecule has 1 aliphatic heterocycles. The summed E-state index contributed by atoms with van der Waals surface area (Å²) in [5.74, 6) is -1.13. The zero-order valence-electron chi connectivity index (χ0n) is 22.0. The summed E-state index contributed by atoms with van der Waals surface area (Å²) in [5, 5.41) is 5.40. The van der Waals surface area contributed by atoms with E-state index in [1.807, 2.05) is 6.92 Å². The lowest BCUT2D eigenvalue weighted by Crippen LogP contribution is -2.48. The van der Waals surface area contributed by atoms with Gasteiger partial charge in [-0.05, 0) is 61.9 Å². The van der Waals surface area contributed by atoms with E-state index in [1.54, 1.807) is 0 Å². The molecule has 2 N–H and O–H groups in total. The molecule has 2 amide bonds. The molecular formula is C30H34F3N3O3. The molecule has 0 radical (unpaired) electrons. The van der Waals surface area contributed by atoms with Crippen LogP contribution in [0.2, 0.25) is 0 Å². The summed E-state index contributed by atoms with van der Waals surface area (Å²) in [5.41, 5.74) is 1.81. The highest BCUT2D eigenvalue weighted by molar-refractivity contribution is 5.96. The SMILES string of the molecule is CCO[C@H]1CN(C2CCC3(C=Cc4ccccc43)CC2)C[C@@H]1NC(=O)CNC(=O)c1cccc(C(F)(F)F)c1. The number of nitrogens with one attached hydrogen (secondary N) is 2. The third-order valence-corrected chi connectivity index (χ3v) is 8.33. The summed E-state index contributed by atoms with van der Waals surface area (Å²) < 4.78 is 44.8. The zero-order valence-corrected chi connectivity index (χ0v) is 22.0. The molecule has 5 rings (SSSR count). The molecule has 1 saturated heterocycles. The van der Waals surface area contributed by atoms with Crippen LogP contribution in [-0.2, 0) is 21.1 Å². The maximum atomic E-state index is 13.0. The van der Waals surface area contributed by atoms with E-state index in [4.69, 9.17) is 4.74 Å². The van der Waals surface area contributed by atoms with Gasteiger partial charge in [0, 0.05) is 36.7 Å². The van der Waals surface area contributed by atoms with Gasteiger partial charge in [-0.3, -0.25) is 14.5 Å². The van der Waals surface area contributed by atoms with Crippen molar-refractivity contribution in [3.8, 4) is 0 Å². The number of likely N-dealkylation sites (tertiary alicyclic amines) is 1. The van der Waals surface area contributed by atoms with Crippen LogP contribution in [0.5, 0.6) is 0 Å². The molecule has 3 aliphatic rings. The maximum Gasteiger partial charge on any atom is 0.416 e. The molecular weight excluding hydrogens is 507 g/mol. The first-order valence-corrected chi connectivity index (χ1v) is 13.6. The maximum absolute atomic E-state index is 13.0. The minimum Gasteiger partial charge on any atom is -0.375 e. The first-order valence-electron chi connectivity index (χ1n) is 13.6. The van der Waals surface area contributed by atoms with Crippen LogP contribution in [-0.4, -0.2) is 61.1 Å². The summed E-state index contributed by atoms with van der Waals surface area (Å²) in [7, 11) is 0. The first-order chi connectivity index (χ1) is 18.7. The number of hydrogen-bond acceptors (Lipinski definition) is 4. The van der Waals surface area contributed by atoms with Crippen molar-refractivity contribution in [3.05, 3.63) is 76.9 Å². The largest absolute Gasteiger partial charge is 0.416 e. The van der Waals surface area contributed by atoms with Gasteiger partial charge in [0.1, 0.15) is 0 Å². The van der Waals surface area contributed by atoms with Crippen LogP contribution in [0.4, 0.5) is 13.2 Å². The molecule has 2 aliphatic carbocycles. The van der Waals surface area contributed by atoms with Gasteiger partial charge in [0.25, 0.3) is 5.91 Å². The van der Waals surface area contributed by atoms with E-state index >= 15 is 0 Å². The molecule has 1 spiro atoms. The summed E-state index contributed by atoms with van der Waals surface area (Å²) in [6.07, 6.45) is 4.19. The lowest BCUT2D eigenvalue weighted by molar-refractivity contribution is -0.137. The highest BCUT2D eigenvalue weighted by Crippen LogP contribution is 2.47. The average molecular weight is 542 g/mol. The Hall–Kier alpha value is -3.17. The van der Waals surface area contributed by atoms with E-state index in [-0.39, 0.29) is 29.7 Å². The van der Waals surface area contributed by atoms with Crippen LogP contribution >= 0.6 is 0 Å². The van der Waals surface area contributed by atoms with E-state index in [0.29, 0.717) is 19.2 Å². The van der Waals surface area contributed by atoms with Crippen molar-refractivity contribution >= 4 is 17.9 Å². The second kappa shape index (κ2) is 11.1. The zero-order chi connectivity index (χ0) is 27.6. The fraction of sp³-hybridized carbons (Fsp3) is 0.467.